The van der Waals surface area contributed by atoms with Gasteiger partial charge in [0.2, 0.25) is 0 Å². The van der Waals surface area contributed by atoms with Crippen molar-refractivity contribution >= 4 is 17.7 Å². The summed E-state index contributed by atoms with van der Waals surface area (Å²) in [7, 11) is 1.73. The molecule has 3 amide bonds. The van der Waals surface area contributed by atoms with Crippen molar-refractivity contribution in [3.05, 3.63) is 0 Å². The number of Topliss-reactive ketones (excluding diaryl/α,β-unsaturated/α-hetero) is 1. The molecule has 0 radical (unpaired) electrons. The third-order valence-electron chi connectivity index (χ3n) is 8.73. The van der Waals surface area contributed by atoms with Crippen molar-refractivity contribution in [1.29, 1.82) is 0 Å². The number of hydrogen-bond acceptors (Lipinski definition) is 4. The van der Waals surface area contributed by atoms with E-state index in [0.717, 1.165) is 38.6 Å². The Morgan fingerprint density at radius 1 is 0.967 bits per heavy atom. The van der Waals surface area contributed by atoms with Crippen LogP contribution in [0.2, 0.25) is 0 Å². The molecule has 0 aromatic rings. The largest absolute Gasteiger partial charge is 0.327 e. The second kappa shape index (κ2) is 8.97. The first-order valence-electron chi connectivity index (χ1n) is 12.3. The molecule has 2 saturated heterocycles. The summed E-state index contributed by atoms with van der Waals surface area (Å²) in [6, 6.07) is -0.523. The number of nitrogens with one attached hydrogen (secondary N) is 1. The predicted molar refractivity (Wildman–Crippen MR) is 116 cm³/mol. The number of imide groups is 1. The summed E-state index contributed by atoms with van der Waals surface area (Å²) in [6.45, 7) is 2.71. The van der Waals surface area contributed by atoms with Crippen LogP contribution in [-0.4, -0.2) is 59.2 Å². The fourth-order valence-electron chi connectivity index (χ4n) is 6.55. The highest BCUT2D eigenvalue weighted by Gasteiger charge is 2.57. The molecule has 0 bridgehead atoms. The van der Waals surface area contributed by atoms with E-state index < -0.39 is 5.54 Å². The first kappa shape index (κ1) is 21.8. The van der Waals surface area contributed by atoms with Crippen LogP contribution in [0.3, 0.4) is 0 Å². The molecule has 30 heavy (non-hydrogen) atoms. The number of ketones is 1. The van der Waals surface area contributed by atoms with Crippen molar-refractivity contribution in [2.75, 3.05) is 20.1 Å². The first-order valence-corrected chi connectivity index (χ1v) is 12.3. The van der Waals surface area contributed by atoms with Crippen molar-refractivity contribution in [1.82, 2.24) is 15.1 Å². The highest BCUT2D eigenvalue weighted by molar-refractivity contribution is 6.09. The average Bonchev–Trinajstić information content (AvgIpc) is 3.18. The Bertz CT molecular complexity index is 667. The van der Waals surface area contributed by atoms with Crippen LogP contribution < -0.4 is 5.32 Å². The van der Waals surface area contributed by atoms with Gasteiger partial charge in [0.15, 0.2) is 5.78 Å². The molecule has 6 nitrogen and oxygen atoms in total. The number of carbonyl (C=O) groups excluding carboxylic acids is 3. The number of urea groups is 1. The Balaban J connectivity index is 1.38. The summed E-state index contributed by atoms with van der Waals surface area (Å²) < 4.78 is 0. The lowest BCUT2D eigenvalue weighted by Crippen LogP contribution is -2.52. The molecular formula is C24H39N3O3. The number of hydrogen-bond donors (Lipinski definition) is 1. The first-order chi connectivity index (χ1) is 14.4. The van der Waals surface area contributed by atoms with E-state index in [-0.39, 0.29) is 36.2 Å². The lowest BCUT2D eigenvalue weighted by atomic mass is 9.75. The highest BCUT2D eigenvalue weighted by atomic mass is 16.2. The van der Waals surface area contributed by atoms with Crippen LogP contribution in [0.1, 0.15) is 84.0 Å². The van der Waals surface area contributed by atoms with E-state index in [4.69, 9.17) is 0 Å². The maximum atomic E-state index is 13.3. The monoisotopic (exact) mass is 417 g/mol. The molecule has 2 aliphatic carbocycles. The molecular weight excluding hydrogens is 378 g/mol. The van der Waals surface area contributed by atoms with Gasteiger partial charge in [-0.2, -0.15) is 0 Å². The third-order valence-corrected chi connectivity index (χ3v) is 8.73. The minimum Gasteiger partial charge on any atom is -0.313 e. The minimum atomic E-state index is -0.802. The molecule has 0 aromatic heterocycles. The summed E-state index contributed by atoms with van der Waals surface area (Å²) in [5.74, 6) is 1.28. The second-order valence-corrected chi connectivity index (χ2v) is 10.4. The zero-order valence-electron chi connectivity index (χ0n) is 18.8. The van der Waals surface area contributed by atoms with E-state index in [9.17, 15) is 14.4 Å². The maximum absolute atomic E-state index is 13.3. The van der Waals surface area contributed by atoms with Gasteiger partial charge in [0.05, 0.1) is 12.6 Å². The van der Waals surface area contributed by atoms with Crippen LogP contribution in [0.15, 0.2) is 0 Å². The molecule has 0 aromatic carbocycles. The highest BCUT2D eigenvalue weighted by Crippen LogP contribution is 2.41. The number of carbonyl (C=O) groups is 3. The molecule has 0 spiro atoms. The summed E-state index contributed by atoms with van der Waals surface area (Å²) >= 11 is 0. The topological polar surface area (TPSA) is 69.7 Å². The summed E-state index contributed by atoms with van der Waals surface area (Å²) in [6.07, 6.45) is 14.1. The van der Waals surface area contributed by atoms with Crippen molar-refractivity contribution in [3.63, 3.8) is 0 Å². The summed E-state index contributed by atoms with van der Waals surface area (Å²) in [5.41, 5.74) is -0.802. The van der Waals surface area contributed by atoms with E-state index in [1.165, 1.54) is 49.8 Å². The molecule has 4 fully saturated rings. The van der Waals surface area contributed by atoms with Crippen molar-refractivity contribution in [3.8, 4) is 0 Å². The van der Waals surface area contributed by atoms with Crippen LogP contribution in [0.25, 0.3) is 0 Å². The normalized spacial score (nSPS) is 34.6. The lowest BCUT2D eigenvalue weighted by molar-refractivity contribution is -0.138. The summed E-state index contributed by atoms with van der Waals surface area (Å²) in [4.78, 5) is 42.2. The molecule has 4 aliphatic rings. The van der Waals surface area contributed by atoms with Gasteiger partial charge in [0.1, 0.15) is 5.54 Å². The van der Waals surface area contributed by atoms with Crippen LogP contribution in [0, 0.1) is 17.8 Å². The molecule has 4 rings (SSSR count). The van der Waals surface area contributed by atoms with Gasteiger partial charge in [0.25, 0.3) is 5.91 Å². The zero-order chi connectivity index (χ0) is 21.3. The van der Waals surface area contributed by atoms with Crippen LogP contribution in [0.5, 0.6) is 0 Å². The molecule has 2 heterocycles. The fourth-order valence-corrected chi connectivity index (χ4v) is 6.55. The Hall–Kier alpha value is -1.43. The molecule has 2 aliphatic heterocycles. The van der Waals surface area contributed by atoms with E-state index in [2.05, 4.69) is 5.32 Å². The quantitative estimate of drug-likeness (QED) is 0.546. The van der Waals surface area contributed by atoms with Gasteiger partial charge < -0.3 is 10.2 Å². The molecule has 3 atom stereocenters. The molecule has 1 N–H and O–H groups in total. The standard InChI is InChI=1S/C24H39N3O3/c1-24(19-12-8-5-9-13-19)22(29)27(23(30)26(24)2)16-21(28)20-14-18(15-25-20)17-10-6-3-4-7-11-17/h17-20,25H,3-16H2,1-2H3. The van der Waals surface area contributed by atoms with Crippen molar-refractivity contribution < 1.29 is 14.4 Å². The molecule has 168 valence electrons. The molecule has 3 unspecified atom stereocenters. The number of nitrogens with zero attached hydrogens (tertiary/aromatic N) is 2. The maximum Gasteiger partial charge on any atom is 0.327 e. The predicted octanol–water partition coefficient (Wildman–Crippen LogP) is 3.74. The minimum absolute atomic E-state index is 0.00545. The van der Waals surface area contributed by atoms with Crippen LogP contribution in [0.4, 0.5) is 4.79 Å². The number of rotatable bonds is 5. The van der Waals surface area contributed by atoms with Gasteiger partial charge in [-0.15, -0.1) is 0 Å². The Morgan fingerprint density at radius 3 is 2.23 bits per heavy atom. The Labute approximate surface area is 181 Å². The van der Waals surface area contributed by atoms with Crippen molar-refractivity contribution in [2.24, 2.45) is 17.8 Å². The smallest absolute Gasteiger partial charge is 0.313 e. The van der Waals surface area contributed by atoms with E-state index in [1.54, 1.807) is 11.9 Å². The van der Waals surface area contributed by atoms with Gasteiger partial charge in [-0.25, -0.2) is 4.79 Å². The van der Waals surface area contributed by atoms with E-state index in [0.29, 0.717) is 11.8 Å². The summed E-state index contributed by atoms with van der Waals surface area (Å²) in [5, 5.41) is 3.41. The third kappa shape index (κ3) is 3.92. The van der Waals surface area contributed by atoms with Gasteiger partial charge in [-0.1, -0.05) is 57.8 Å². The van der Waals surface area contributed by atoms with Crippen molar-refractivity contribution in [2.45, 2.75) is 95.6 Å². The SMILES string of the molecule is CN1C(=O)N(CC(=O)C2CC(C3CCCCCC3)CN2)C(=O)C1(C)C1CCCCC1. The van der Waals surface area contributed by atoms with Gasteiger partial charge in [0, 0.05) is 7.05 Å². The van der Waals surface area contributed by atoms with Crippen LogP contribution in [-0.2, 0) is 9.59 Å². The molecule has 6 heteroatoms. The van der Waals surface area contributed by atoms with Gasteiger partial charge in [-0.3, -0.25) is 14.5 Å². The Morgan fingerprint density at radius 2 is 1.57 bits per heavy atom. The Kier molecular flexibility index (Phi) is 6.52. The average molecular weight is 418 g/mol. The van der Waals surface area contributed by atoms with Gasteiger partial charge >= 0.3 is 6.03 Å². The zero-order valence-corrected chi connectivity index (χ0v) is 18.8. The number of likely N-dealkylation sites (N-methyl/N-ethyl adjacent to an activating group) is 1. The second-order valence-electron chi connectivity index (χ2n) is 10.4. The van der Waals surface area contributed by atoms with E-state index in [1.807, 2.05) is 6.92 Å². The van der Waals surface area contributed by atoms with Gasteiger partial charge in [-0.05, 0) is 50.5 Å². The molecule has 2 saturated carbocycles. The lowest BCUT2D eigenvalue weighted by Gasteiger charge is -2.38. The van der Waals surface area contributed by atoms with E-state index >= 15 is 0 Å². The number of amides is 3. The van der Waals surface area contributed by atoms with Crippen LogP contribution >= 0.6 is 0 Å². The fraction of sp³-hybridized carbons (Fsp3) is 0.875.